The van der Waals surface area contributed by atoms with Crippen LogP contribution in [0.4, 0.5) is 5.69 Å². The van der Waals surface area contributed by atoms with Gasteiger partial charge in [0.2, 0.25) is 0 Å². The number of benzene rings is 2. The minimum atomic E-state index is -0.526. The fourth-order valence-electron chi connectivity index (χ4n) is 1.79. The standard InChI is InChI=1S/C17H12Cl2N2O2/c1-23-14-5-2-11(3-6-14)8-12(10-20)17(22)21-13-4-7-15(18)16(19)9-13/h2-9H,1H3,(H,21,22)/b12-8+. The Balaban J connectivity index is 2.18. The molecule has 0 atom stereocenters. The molecule has 0 unspecified atom stereocenters. The lowest BCUT2D eigenvalue weighted by molar-refractivity contribution is -0.112. The van der Waals surface area contributed by atoms with E-state index in [1.54, 1.807) is 43.5 Å². The average molecular weight is 347 g/mol. The highest BCUT2D eigenvalue weighted by molar-refractivity contribution is 6.42. The molecule has 0 saturated carbocycles. The summed E-state index contributed by atoms with van der Waals surface area (Å²) in [4.78, 5) is 12.2. The Morgan fingerprint density at radius 1 is 1.17 bits per heavy atom. The van der Waals surface area contributed by atoms with E-state index in [1.807, 2.05) is 6.07 Å². The van der Waals surface area contributed by atoms with E-state index in [9.17, 15) is 10.1 Å². The third-order valence-electron chi connectivity index (χ3n) is 2.97. The Bertz CT molecular complexity index is 793. The monoisotopic (exact) mass is 346 g/mol. The molecule has 2 aromatic carbocycles. The van der Waals surface area contributed by atoms with Gasteiger partial charge in [-0.3, -0.25) is 4.79 Å². The Kier molecular flexibility index (Phi) is 5.64. The van der Waals surface area contributed by atoms with Crippen LogP contribution in [0, 0.1) is 11.3 Å². The summed E-state index contributed by atoms with van der Waals surface area (Å²) in [6.07, 6.45) is 1.49. The quantitative estimate of drug-likeness (QED) is 0.652. The molecule has 1 amide bonds. The third kappa shape index (κ3) is 4.49. The highest BCUT2D eigenvalue weighted by Crippen LogP contribution is 2.25. The zero-order chi connectivity index (χ0) is 16.8. The zero-order valence-electron chi connectivity index (χ0n) is 12.1. The molecule has 0 aliphatic heterocycles. The third-order valence-corrected chi connectivity index (χ3v) is 3.71. The van der Waals surface area contributed by atoms with E-state index in [1.165, 1.54) is 12.1 Å². The van der Waals surface area contributed by atoms with Gasteiger partial charge < -0.3 is 10.1 Å². The van der Waals surface area contributed by atoms with Crippen LogP contribution in [-0.4, -0.2) is 13.0 Å². The Hall–Kier alpha value is -2.48. The molecule has 1 N–H and O–H groups in total. The molecule has 6 heteroatoms. The topological polar surface area (TPSA) is 62.1 Å². The van der Waals surface area contributed by atoms with Gasteiger partial charge in [-0.1, -0.05) is 35.3 Å². The fraction of sp³-hybridized carbons (Fsp3) is 0.0588. The van der Waals surface area contributed by atoms with Crippen LogP contribution in [0.2, 0.25) is 10.0 Å². The lowest BCUT2D eigenvalue weighted by Crippen LogP contribution is -2.13. The first kappa shape index (κ1) is 16.9. The summed E-state index contributed by atoms with van der Waals surface area (Å²) in [5, 5.41) is 12.5. The largest absolute Gasteiger partial charge is 0.497 e. The second-order valence-electron chi connectivity index (χ2n) is 4.53. The lowest BCUT2D eigenvalue weighted by Gasteiger charge is -2.06. The van der Waals surface area contributed by atoms with Crippen LogP contribution in [-0.2, 0) is 4.79 Å². The summed E-state index contributed by atoms with van der Waals surface area (Å²) in [7, 11) is 1.57. The molecule has 0 aliphatic rings. The summed E-state index contributed by atoms with van der Waals surface area (Å²) in [5.74, 6) is 0.169. The number of ether oxygens (including phenoxy) is 1. The van der Waals surface area contributed by atoms with Gasteiger partial charge in [-0.2, -0.15) is 5.26 Å². The predicted octanol–water partition coefficient (Wildman–Crippen LogP) is 4.55. The van der Waals surface area contributed by atoms with Crippen LogP contribution in [0.1, 0.15) is 5.56 Å². The SMILES string of the molecule is COc1ccc(/C=C(\C#N)C(=O)Nc2ccc(Cl)c(Cl)c2)cc1. The summed E-state index contributed by atoms with van der Waals surface area (Å²) >= 11 is 11.7. The second kappa shape index (κ2) is 7.68. The van der Waals surface area contributed by atoms with Crippen molar-refractivity contribution in [2.45, 2.75) is 0 Å². The number of amides is 1. The smallest absolute Gasteiger partial charge is 0.266 e. The van der Waals surface area contributed by atoms with Crippen LogP contribution in [0.15, 0.2) is 48.0 Å². The fourth-order valence-corrected chi connectivity index (χ4v) is 2.09. The first-order chi connectivity index (χ1) is 11.0. The number of hydrogen-bond donors (Lipinski definition) is 1. The van der Waals surface area contributed by atoms with Crippen LogP contribution in [0.5, 0.6) is 5.75 Å². The van der Waals surface area contributed by atoms with Gasteiger partial charge in [0.05, 0.1) is 17.2 Å². The second-order valence-corrected chi connectivity index (χ2v) is 5.34. The van der Waals surface area contributed by atoms with Gasteiger partial charge in [0.15, 0.2) is 0 Å². The molecule has 4 nitrogen and oxygen atoms in total. The summed E-state index contributed by atoms with van der Waals surface area (Å²) in [6, 6.07) is 13.6. The number of nitriles is 1. The van der Waals surface area contributed by atoms with Crippen molar-refractivity contribution in [1.29, 1.82) is 5.26 Å². The molecular weight excluding hydrogens is 335 g/mol. The number of anilines is 1. The summed E-state index contributed by atoms with van der Waals surface area (Å²) in [6.45, 7) is 0. The number of methoxy groups -OCH3 is 1. The predicted molar refractivity (Wildman–Crippen MR) is 91.7 cm³/mol. The highest BCUT2D eigenvalue weighted by Gasteiger charge is 2.10. The average Bonchev–Trinajstić information content (AvgIpc) is 2.56. The molecule has 0 saturated heterocycles. The molecule has 0 radical (unpaired) electrons. The number of carbonyl (C=O) groups is 1. The van der Waals surface area contributed by atoms with Crippen molar-refractivity contribution in [2.75, 3.05) is 12.4 Å². The van der Waals surface area contributed by atoms with Crippen LogP contribution >= 0.6 is 23.2 Å². The van der Waals surface area contributed by atoms with E-state index in [-0.39, 0.29) is 5.57 Å². The van der Waals surface area contributed by atoms with E-state index >= 15 is 0 Å². The Morgan fingerprint density at radius 3 is 2.43 bits per heavy atom. The van der Waals surface area contributed by atoms with E-state index in [4.69, 9.17) is 27.9 Å². The molecular formula is C17H12Cl2N2O2. The highest BCUT2D eigenvalue weighted by atomic mass is 35.5. The van der Waals surface area contributed by atoms with Crippen molar-refractivity contribution >= 4 is 40.9 Å². The molecule has 2 rings (SSSR count). The molecule has 0 heterocycles. The van der Waals surface area contributed by atoms with Crippen LogP contribution in [0.25, 0.3) is 6.08 Å². The summed E-state index contributed by atoms with van der Waals surface area (Å²) < 4.78 is 5.06. The van der Waals surface area contributed by atoms with E-state index in [2.05, 4.69) is 5.32 Å². The van der Waals surface area contributed by atoms with E-state index < -0.39 is 5.91 Å². The zero-order valence-corrected chi connectivity index (χ0v) is 13.7. The minimum Gasteiger partial charge on any atom is -0.497 e. The molecule has 0 aliphatic carbocycles. The van der Waals surface area contributed by atoms with Gasteiger partial charge in [0.25, 0.3) is 5.91 Å². The maximum atomic E-state index is 12.2. The van der Waals surface area contributed by atoms with Gasteiger partial charge in [0, 0.05) is 5.69 Å². The van der Waals surface area contributed by atoms with Crippen molar-refractivity contribution in [3.8, 4) is 11.8 Å². The van der Waals surface area contributed by atoms with E-state index in [0.717, 1.165) is 0 Å². The van der Waals surface area contributed by atoms with Gasteiger partial charge in [0.1, 0.15) is 17.4 Å². The number of rotatable bonds is 4. The number of nitrogens with one attached hydrogen (secondary N) is 1. The molecule has 2 aromatic rings. The first-order valence-corrected chi connectivity index (χ1v) is 7.31. The van der Waals surface area contributed by atoms with Crippen molar-refractivity contribution < 1.29 is 9.53 Å². The van der Waals surface area contributed by atoms with Crippen molar-refractivity contribution in [2.24, 2.45) is 0 Å². The van der Waals surface area contributed by atoms with Crippen LogP contribution < -0.4 is 10.1 Å². The lowest BCUT2D eigenvalue weighted by atomic mass is 10.1. The number of nitrogens with zero attached hydrogens (tertiary/aromatic N) is 1. The van der Waals surface area contributed by atoms with Gasteiger partial charge in [-0.25, -0.2) is 0 Å². The van der Waals surface area contributed by atoms with Crippen molar-refractivity contribution in [1.82, 2.24) is 0 Å². The maximum absolute atomic E-state index is 12.2. The Labute approximate surface area is 143 Å². The molecule has 0 bridgehead atoms. The summed E-state index contributed by atoms with van der Waals surface area (Å²) in [5.41, 5.74) is 1.15. The molecule has 23 heavy (non-hydrogen) atoms. The number of halogens is 2. The van der Waals surface area contributed by atoms with Gasteiger partial charge in [-0.15, -0.1) is 0 Å². The number of carbonyl (C=O) groups excluding carboxylic acids is 1. The normalized spacial score (nSPS) is 10.8. The first-order valence-electron chi connectivity index (χ1n) is 6.55. The molecule has 116 valence electrons. The van der Waals surface area contributed by atoms with Gasteiger partial charge in [-0.05, 0) is 42.0 Å². The van der Waals surface area contributed by atoms with Crippen LogP contribution in [0.3, 0.4) is 0 Å². The molecule has 0 fully saturated rings. The number of hydrogen-bond acceptors (Lipinski definition) is 3. The van der Waals surface area contributed by atoms with E-state index in [0.29, 0.717) is 27.0 Å². The van der Waals surface area contributed by atoms with Crippen molar-refractivity contribution in [3.63, 3.8) is 0 Å². The minimum absolute atomic E-state index is 0.0266. The molecule has 0 spiro atoms. The van der Waals surface area contributed by atoms with Crippen molar-refractivity contribution in [3.05, 3.63) is 63.6 Å². The Morgan fingerprint density at radius 2 is 1.87 bits per heavy atom. The maximum Gasteiger partial charge on any atom is 0.266 e. The van der Waals surface area contributed by atoms with Gasteiger partial charge >= 0.3 is 0 Å². The molecule has 0 aromatic heterocycles.